The Kier molecular flexibility index (Phi) is 5.84. The van der Waals surface area contributed by atoms with Gasteiger partial charge in [-0.1, -0.05) is 11.3 Å². The lowest BCUT2D eigenvalue weighted by Crippen LogP contribution is -2.38. The van der Waals surface area contributed by atoms with Gasteiger partial charge in [-0.05, 0) is 24.3 Å². The van der Waals surface area contributed by atoms with E-state index < -0.39 is 0 Å². The van der Waals surface area contributed by atoms with E-state index in [4.69, 9.17) is 9.47 Å². The highest BCUT2D eigenvalue weighted by atomic mass is 32.1. The van der Waals surface area contributed by atoms with Crippen LogP contribution >= 0.6 is 11.3 Å². The van der Waals surface area contributed by atoms with Crippen molar-refractivity contribution in [2.45, 2.75) is 13.0 Å². The van der Waals surface area contributed by atoms with Crippen molar-refractivity contribution in [2.24, 2.45) is 0 Å². The molecule has 0 saturated carbocycles. The van der Waals surface area contributed by atoms with Crippen molar-refractivity contribution in [3.63, 3.8) is 0 Å². The highest BCUT2D eigenvalue weighted by Crippen LogP contribution is 2.28. The van der Waals surface area contributed by atoms with Crippen LogP contribution in [-0.4, -0.2) is 51.9 Å². The van der Waals surface area contributed by atoms with Gasteiger partial charge >= 0.3 is 0 Å². The Hall–Kier alpha value is -3.53. The van der Waals surface area contributed by atoms with Crippen molar-refractivity contribution in [3.05, 3.63) is 59.1 Å². The number of ether oxygens (including phenoxy) is 2. The van der Waals surface area contributed by atoms with E-state index in [0.717, 1.165) is 16.3 Å². The van der Waals surface area contributed by atoms with E-state index in [-0.39, 0.29) is 24.1 Å². The largest absolute Gasteiger partial charge is 0.497 e. The van der Waals surface area contributed by atoms with E-state index in [1.54, 1.807) is 36.3 Å². The number of anilines is 1. The summed E-state index contributed by atoms with van der Waals surface area (Å²) in [7, 11) is 1.59. The molecule has 0 unspecified atom stereocenters. The molecule has 0 aliphatic carbocycles. The van der Waals surface area contributed by atoms with Gasteiger partial charge in [0.15, 0.2) is 11.7 Å². The molecule has 10 heteroatoms. The second-order valence-electron chi connectivity index (χ2n) is 6.46. The van der Waals surface area contributed by atoms with Gasteiger partial charge in [-0.2, -0.15) is 0 Å². The van der Waals surface area contributed by atoms with Crippen LogP contribution in [0.3, 0.4) is 0 Å². The summed E-state index contributed by atoms with van der Waals surface area (Å²) in [6, 6.07) is 7.08. The molecule has 4 rings (SSSR count). The molecule has 3 aromatic rings. The number of aromatic nitrogens is 3. The van der Waals surface area contributed by atoms with Crippen LogP contribution in [0.1, 0.15) is 21.1 Å². The number of benzene rings is 1. The molecule has 154 valence electrons. The Morgan fingerprint density at radius 1 is 1.20 bits per heavy atom. The van der Waals surface area contributed by atoms with Gasteiger partial charge in [0.05, 0.1) is 25.5 Å². The number of methoxy groups -OCH3 is 1. The molecule has 2 amide bonds. The predicted molar refractivity (Wildman–Crippen MR) is 110 cm³/mol. The standard InChI is InChI=1S/C20H19N5O4S/c1-28-13-2-4-14(5-3-13)29-12-18(26)25-9-6-15-17(11-25)30-20(23-15)24-19(27)16-10-21-7-8-22-16/h2-5,7-8,10H,6,9,11-12H2,1H3,(H,23,24,27). The van der Waals surface area contributed by atoms with Gasteiger partial charge in [0.2, 0.25) is 0 Å². The average Bonchev–Trinajstić information content (AvgIpc) is 3.19. The Labute approximate surface area is 176 Å². The molecule has 0 atom stereocenters. The number of rotatable bonds is 6. The summed E-state index contributed by atoms with van der Waals surface area (Å²) >= 11 is 1.36. The number of amides is 2. The topological polar surface area (TPSA) is 107 Å². The van der Waals surface area contributed by atoms with E-state index in [1.165, 1.54) is 29.9 Å². The molecule has 2 aromatic heterocycles. The number of nitrogens with one attached hydrogen (secondary N) is 1. The molecular weight excluding hydrogens is 406 g/mol. The monoisotopic (exact) mass is 425 g/mol. The van der Waals surface area contributed by atoms with Gasteiger partial charge in [0.25, 0.3) is 11.8 Å². The minimum Gasteiger partial charge on any atom is -0.497 e. The molecule has 0 fully saturated rings. The van der Waals surface area contributed by atoms with Crippen LogP contribution in [-0.2, 0) is 17.8 Å². The zero-order chi connectivity index (χ0) is 20.9. The lowest BCUT2D eigenvalue weighted by molar-refractivity contribution is -0.134. The van der Waals surface area contributed by atoms with Gasteiger partial charge in [-0.3, -0.25) is 19.9 Å². The van der Waals surface area contributed by atoms with E-state index in [2.05, 4.69) is 20.3 Å². The molecule has 0 saturated heterocycles. The third kappa shape index (κ3) is 4.54. The minimum atomic E-state index is -0.366. The summed E-state index contributed by atoms with van der Waals surface area (Å²) in [6.45, 7) is 0.953. The Morgan fingerprint density at radius 3 is 2.73 bits per heavy atom. The minimum absolute atomic E-state index is 0.0449. The summed E-state index contributed by atoms with van der Waals surface area (Å²) < 4.78 is 10.7. The third-order valence-electron chi connectivity index (χ3n) is 4.52. The number of fused-ring (bicyclic) bond motifs is 1. The highest BCUT2D eigenvalue weighted by Gasteiger charge is 2.25. The second-order valence-corrected chi connectivity index (χ2v) is 7.55. The lowest BCUT2D eigenvalue weighted by atomic mass is 10.2. The fourth-order valence-electron chi connectivity index (χ4n) is 2.95. The van der Waals surface area contributed by atoms with Crippen molar-refractivity contribution >= 4 is 28.3 Å². The maximum absolute atomic E-state index is 12.5. The first-order valence-corrected chi connectivity index (χ1v) is 10.0. The number of hydrogen-bond acceptors (Lipinski definition) is 8. The normalized spacial score (nSPS) is 12.8. The predicted octanol–water partition coefficient (Wildman–Crippen LogP) is 2.16. The van der Waals surface area contributed by atoms with E-state index in [0.29, 0.717) is 30.4 Å². The van der Waals surface area contributed by atoms with E-state index in [1.807, 2.05) is 0 Å². The summed E-state index contributed by atoms with van der Waals surface area (Å²) in [5, 5.41) is 3.23. The van der Waals surface area contributed by atoms with Gasteiger partial charge in [0.1, 0.15) is 17.2 Å². The SMILES string of the molecule is COc1ccc(OCC(=O)N2CCc3nc(NC(=O)c4cnccn4)sc3C2)cc1. The number of carbonyl (C=O) groups is 2. The molecule has 0 bridgehead atoms. The summed E-state index contributed by atoms with van der Waals surface area (Å²) in [5.41, 5.74) is 1.12. The molecular formula is C20H19N5O4S. The second kappa shape index (κ2) is 8.87. The average molecular weight is 425 g/mol. The summed E-state index contributed by atoms with van der Waals surface area (Å²) in [4.78, 5) is 39.8. The third-order valence-corrected chi connectivity index (χ3v) is 5.52. The van der Waals surface area contributed by atoms with Gasteiger partial charge in [0, 0.05) is 30.2 Å². The first-order chi connectivity index (χ1) is 14.6. The molecule has 0 radical (unpaired) electrons. The molecule has 0 spiro atoms. The van der Waals surface area contributed by atoms with Crippen molar-refractivity contribution in [2.75, 3.05) is 25.6 Å². The fourth-order valence-corrected chi connectivity index (χ4v) is 3.97. The van der Waals surface area contributed by atoms with Crippen LogP contribution in [0.4, 0.5) is 5.13 Å². The van der Waals surface area contributed by atoms with E-state index in [9.17, 15) is 9.59 Å². The van der Waals surface area contributed by atoms with Crippen molar-refractivity contribution in [1.82, 2.24) is 19.9 Å². The van der Waals surface area contributed by atoms with Crippen LogP contribution in [0.15, 0.2) is 42.9 Å². The number of thiazole rings is 1. The molecule has 30 heavy (non-hydrogen) atoms. The fraction of sp³-hybridized carbons (Fsp3) is 0.250. The maximum atomic E-state index is 12.5. The molecule has 1 aliphatic rings. The first-order valence-electron chi connectivity index (χ1n) is 9.23. The number of carbonyl (C=O) groups excluding carboxylic acids is 2. The quantitative estimate of drug-likeness (QED) is 0.645. The number of hydrogen-bond donors (Lipinski definition) is 1. The van der Waals surface area contributed by atoms with Crippen LogP contribution in [0.2, 0.25) is 0 Å². The van der Waals surface area contributed by atoms with Crippen LogP contribution in [0.25, 0.3) is 0 Å². The Balaban J connectivity index is 1.34. The molecule has 1 aromatic carbocycles. The van der Waals surface area contributed by atoms with Crippen LogP contribution in [0, 0.1) is 0 Å². The highest BCUT2D eigenvalue weighted by molar-refractivity contribution is 7.15. The van der Waals surface area contributed by atoms with Gasteiger partial charge < -0.3 is 14.4 Å². The maximum Gasteiger partial charge on any atom is 0.277 e. The first kappa shape index (κ1) is 19.8. The van der Waals surface area contributed by atoms with E-state index >= 15 is 0 Å². The summed E-state index contributed by atoms with van der Waals surface area (Å²) in [6.07, 6.45) is 4.98. The molecule has 9 nitrogen and oxygen atoms in total. The smallest absolute Gasteiger partial charge is 0.277 e. The molecule has 1 aliphatic heterocycles. The zero-order valence-electron chi connectivity index (χ0n) is 16.2. The van der Waals surface area contributed by atoms with Crippen molar-refractivity contribution in [1.29, 1.82) is 0 Å². The van der Waals surface area contributed by atoms with Gasteiger partial charge in [-0.15, -0.1) is 0 Å². The van der Waals surface area contributed by atoms with Crippen molar-refractivity contribution in [3.8, 4) is 11.5 Å². The lowest BCUT2D eigenvalue weighted by Gasteiger charge is -2.26. The van der Waals surface area contributed by atoms with Gasteiger partial charge in [-0.25, -0.2) is 9.97 Å². The molecule has 3 heterocycles. The summed E-state index contributed by atoms with van der Waals surface area (Å²) in [5.74, 6) is 0.864. The molecule has 1 N–H and O–H groups in total. The number of nitrogens with zero attached hydrogens (tertiary/aromatic N) is 4. The van der Waals surface area contributed by atoms with Crippen LogP contribution < -0.4 is 14.8 Å². The Bertz CT molecular complexity index is 1040. The Morgan fingerprint density at radius 2 is 2.00 bits per heavy atom. The zero-order valence-corrected chi connectivity index (χ0v) is 17.0. The van der Waals surface area contributed by atoms with Crippen molar-refractivity contribution < 1.29 is 19.1 Å². The van der Waals surface area contributed by atoms with Crippen LogP contribution in [0.5, 0.6) is 11.5 Å².